The fraction of sp³-hybridized carbons (Fsp3) is 0.562. The van der Waals surface area contributed by atoms with Crippen LogP contribution < -0.4 is 9.62 Å². The number of hydrogen-bond acceptors (Lipinski definition) is 4. The lowest BCUT2D eigenvalue weighted by molar-refractivity contribution is -0.119. The number of nitrogens with zero attached hydrogens (tertiary/aromatic N) is 1. The van der Waals surface area contributed by atoms with Gasteiger partial charge in [0.1, 0.15) is 0 Å². The van der Waals surface area contributed by atoms with E-state index >= 15 is 0 Å². The molecule has 0 saturated heterocycles. The molecule has 2 aliphatic rings. The lowest BCUT2D eigenvalue weighted by Gasteiger charge is -2.30. The second-order valence-electron chi connectivity index (χ2n) is 6.12. The van der Waals surface area contributed by atoms with Crippen molar-refractivity contribution in [2.75, 3.05) is 35.6 Å². The van der Waals surface area contributed by atoms with E-state index in [1.807, 2.05) is 17.0 Å². The molecule has 1 fully saturated rings. The van der Waals surface area contributed by atoms with Gasteiger partial charge in [-0.05, 0) is 49.4 Å². The Morgan fingerprint density at radius 3 is 2.87 bits per heavy atom. The fourth-order valence-corrected chi connectivity index (χ4v) is 3.84. The number of carbonyl (C=O) groups excluding carboxylic acids is 1. The summed E-state index contributed by atoms with van der Waals surface area (Å²) >= 11 is 0. The number of fused-ring (bicyclic) bond motifs is 1. The van der Waals surface area contributed by atoms with Gasteiger partial charge in [0.25, 0.3) is 0 Å². The molecule has 0 unspecified atom stereocenters. The van der Waals surface area contributed by atoms with E-state index in [0.29, 0.717) is 5.69 Å². The van der Waals surface area contributed by atoms with Crippen LogP contribution in [0, 0.1) is 5.92 Å². The van der Waals surface area contributed by atoms with Crippen molar-refractivity contribution in [3.05, 3.63) is 23.8 Å². The predicted molar refractivity (Wildman–Crippen MR) is 89.1 cm³/mol. The number of amides is 1. The molecule has 0 bridgehead atoms. The molecule has 1 N–H and O–H groups in total. The average molecular weight is 338 g/mol. The first-order valence-electron chi connectivity index (χ1n) is 7.94. The van der Waals surface area contributed by atoms with Gasteiger partial charge in [-0.3, -0.25) is 9.52 Å². The van der Waals surface area contributed by atoms with Crippen LogP contribution in [0.4, 0.5) is 11.4 Å². The Morgan fingerprint density at radius 1 is 1.39 bits per heavy atom. The molecule has 1 amide bonds. The third-order valence-electron chi connectivity index (χ3n) is 4.22. The summed E-state index contributed by atoms with van der Waals surface area (Å²) in [5, 5.41) is 0. The summed E-state index contributed by atoms with van der Waals surface area (Å²) < 4.78 is 31.3. The topological polar surface area (TPSA) is 75.7 Å². The predicted octanol–water partition coefficient (Wildman–Crippen LogP) is 1.76. The molecule has 1 heterocycles. The Bertz CT molecular complexity index is 698. The largest absolute Gasteiger partial charge is 0.384 e. The maximum absolute atomic E-state index is 12.4. The lowest BCUT2D eigenvalue weighted by atomic mass is 10.0. The number of benzene rings is 1. The number of nitrogens with one attached hydrogen (secondary N) is 1. The lowest BCUT2D eigenvalue weighted by Crippen LogP contribution is -2.36. The average Bonchev–Trinajstić information content (AvgIpc) is 3.36. The van der Waals surface area contributed by atoms with Gasteiger partial charge in [-0.2, -0.15) is 0 Å². The van der Waals surface area contributed by atoms with Crippen molar-refractivity contribution in [2.45, 2.75) is 25.7 Å². The maximum atomic E-state index is 12.4. The smallest absolute Gasteiger partial charge is 0.234 e. The van der Waals surface area contributed by atoms with Gasteiger partial charge in [0.05, 0.1) is 12.4 Å². The molecule has 1 aliphatic heterocycles. The summed E-state index contributed by atoms with van der Waals surface area (Å²) in [6.07, 6.45) is 3.74. The number of carbonyl (C=O) groups is 1. The van der Waals surface area contributed by atoms with E-state index in [1.54, 1.807) is 6.07 Å². The third kappa shape index (κ3) is 3.84. The molecule has 0 aromatic heterocycles. The van der Waals surface area contributed by atoms with Crippen LogP contribution in [0.2, 0.25) is 0 Å². The summed E-state index contributed by atoms with van der Waals surface area (Å²) in [4.78, 5) is 14.2. The molecule has 0 spiro atoms. The summed E-state index contributed by atoms with van der Waals surface area (Å²) in [6.45, 7) is 0.908. The van der Waals surface area contributed by atoms with Crippen molar-refractivity contribution < 1.29 is 17.9 Å². The first kappa shape index (κ1) is 16.3. The van der Waals surface area contributed by atoms with Crippen LogP contribution in [0.15, 0.2) is 18.2 Å². The minimum atomic E-state index is -3.41. The first-order chi connectivity index (χ1) is 11.0. The Morgan fingerprint density at radius 2 is 2.17 bits per heavy atom. The Kier molecular flexibility index (Phi) is 4.59. The first-order valence-corrected chi connectivity index (χ1v) is 9.59. The van der Waals surface area contributed by atoms with Gasteiger partial charge >= 0.3 is 0 Å². The molecule has 6 nitrogen and oxygen atoms in total. The third-order valence-corrected chi connectivity index (χ3v) is 5.47. The van der Waals surface area contributed by atoms with Gasteiger partial charge in [0.2, 0.25) is 15.9 Å². The Balaban J connectivity index is 1.78. The van der Waals surface area contributed by atoms with Crippen molar-refractivity contribution in [1.29, 1.82) is 0 Å². The Hall–Kier alpha value is -1.60. The standard InChI is InChI=1S/C16H22N2O4S/c1-22-9-10-23(20,21)17-14-6-7-15-13(11-14)3-2-8-18(15)16(19)12-4-5-12/h6-7,11-12,17H,2-5,8-10H2,1H3. The van der Waals surface area contributed by atoms with Crippen molar-refractivity contribution in [1.82, 2.24) is 0 Å². The second-order valence-corrected chi connectivity index (χ2v) is 7.97. The highest BCUT2D eigenvalue weighted by Gasteiger charge is 2.35. The van der Waals surface area contributed by atoms with Gasteiger partial charge < -0.3 is 9.64 Å². The highest BCUT2D eigenvalue weighted by Crippen LogP contribution is 2.36. The molecule has 0 atom stereocenters. The molecular formula is C16H22N2O4S. The van der Waals surface area contributed by atoms with Crippen molar-refractivity contribution in [2.24, 2.45) is 5.92 Å². The second kappa shape index (κ2) is 6.49. The van der Waals surface area contributed by atoms with Crippen LogP contribution in [0.25, 0.3) is 0 Å². The van der Waals surface area contributed by atoms with Gasteiger partial charge in [0, 0.05) is 30.9 Å². The summed E-state index contributed by atoms with van der Waals surface area (Å²) in [5.41, 5.74) is 2.49. The molecular weight excluding hydrogens is 316 g/mol. The zero-order chi connectivity index (χ0) is 16.4. The summed E-state index contributed by atoms with van der Waals surface area (Å²) in [7, 11) is -1.94. The van der Waals surface area contributed by atoms with Crippen LogP contribution in [-0.4, -0.2) is 40.3 Å². The minimum Gasteiger partial charge on any atom is -0.384 e. The number of aryl methyl sites for hydroxylation is 1. The van der Waals surface area contributed by atoms with E-state index in [2.05, 4.69) is 4.72 Å². The van der Waals surface area contributed by atoms with Crippen LogP contribution in [0.3, 0.4) is 0 Å². The molecule has 1 aromatic carbocycles. The molecule has 23 heavy (non-hydrogen) atoms. The monoisotopic (exact) mass is 338 g/mol. The molecule has 1 saturated carbocycles. The normalized spacial score (nSPS) is 17.7. The van der Waals surface area contributed by atoms with Crippen LogP contribution in [0.1, 0.15) is 24.8 Å². The molecule has 3 rings (SSSR count). The van der Waals surface area contributed by atoms with Crippen LogP contribution in [-0.2, 0) is 26.0 Å². The number of methoxy groups -OCH3 is 1. The Labute approximate surface area is 136 Å². The molecule has 126 valence electrons. The van der Waals surface area contributed by atoms with Gasteiger partial charge in [0.15, 0.2) is 0 Å². The van der Waals surface area contributed by atoms with E-state index in [4.69, 9.17) is 4.74 Å². The maximum Gasteiger partial charge on any atom is 0.234 e. The van der Waals surface area contributed by atoms with Gasteiger partial charge in [-0.15, -0.1) is 0 Å². The molecule has 0 radical (unpaired) electrons. The summed E-state index contributed by atoms with van der Waals surface area (Å²) in [6, 6.07) is 5.41. The summed E-state index contributed by atoms with van der Waals surface area (Å²) in [5.74, 6) is 0.319. The van der Waals surface area contributed by atoms with Crippen molar-refractivity contribution >= 4 is 27.3 Å². The number of ether oxygens (including phenoxy) is 1. The zero-order valence-electron chi connectivity index (χ0n) is 13.2. The highest BCUT2D eigenvalue weighted by atomic mass is 32.2. The van der Waals surface area contributed by atoms with Gasteiger partial charge in [-0.1, -0.05) is 0 Å². The van der Waals surface area contributed by atoms with E-state index in [-0.39, 0.29) is 24.2 Å². The van der Waals surface area contributed by atoms with E-state index in [0.717, 1.165) is 43.5 Å². The quantitative estimate of drug-likeness (QED) is 0.858. The van der Waals surface area contributed by atoms with E-state index < -0.39 is 10.0 Å². The number of hydrogen-bond donors (Lipinski definition) is 1. The molecule has 1 aliphatic carbocycles. The molecule has 7 heteroatoms. The highest BCUT2D eigenvalue weighted by molar-refractivity contribution is 7.92. The number of sulfonamides is 1. The SMILES string of the molecule is COCCS(=O)(=O)Nc1ccc2c(c1)CCCN2C(=O)C1CC1. The van der Waals surface area contributed by atoms with E-state index in [9.17, 15) is 13.2 Å². The minimum absolute atomic E-state index is 0.0765. The van der Waals surface area contributed by atoms with Gasteiger partial charge in [-0.25, -0.2) is 8.42 Å². The fourth-order valence-electron chi connectivity index (χ4n) is 2.86. The number of anilines is 2. The number of rotatable bonds is 6. The van der Waals surface area contributed by atoms with Crippen molar-refractivity contribution in [3.8, 4) is 0 Å². The van der Waals surface area contributed by atoms with Crippen LogP contribution in [0.5, 0.6) is 0 Å². The molecule has 1 aromatic rings. The zero-order valence-corrected chi connectivity index (χ0v) is 14.1. The van der Waals surface area contributed by atoms with E-state index in [1.165, 1.54) is 7.11 Å². The van der Waals surface area contributed by atoms with Crippen LogP contribution >= 0.6 is 0 Å². The van der Waals surface area contributed by atoms with Crippen molar-refractivity contribution in [3.63, 3.8) is 0 Å².